The number of nitrogens with zero attached hydrogens (tertiary/aromatic N) is 2. The van der Waals surface area contributed by atoms with Gasteiger partial charge in [0.2, 0.25) is 5.78 Å². The standard InChI is InChI=1S/C16H25N3O3S/c1-16(2,3)22-15(21)19-7-4-5-12(11-19)9-17-10-13(20)14-18-6-8-23-14/h6,8,12,17H,4-5,7,9-11H2,1-3H3/t12-/m0/s1. The van der Waals surface area contributed by atoms with Crippen LogP contribution in [0.2, 0.25) is 0 Å². The van der Waals surface area contributed by atoms with Crippen LogP contribution in [0.4, 0.5) is 4.79 Å². The van der Waals surface area contributed by atoms with Crippen molar-refractivity contribution in [1.82, 2.24) is 15.2 Å². The van der Waals surface area contributed by atoms with E-state index in [9.17, 15) is 9.59 Å². The molecule has 23 heavy (non-hydrogen) atoms. The molecular weight excluding hydrogens is 314 g/mol. The van der Waals surface area contributed by atoms with Crippen molar-refractivity contribution in [3.8, 4) is 0 Å². The Labute approximate surface area is 141 Å². The fourth-order valence-corrected chi connectivity index (χ4v) is 3.13. The molecule has 2 heterocycles. The normalized spacial score (nSPS) is 18.7. The van der Waals surface area contributed by atoms with Gasteiger partial charge in [-0.05, 0) is 39.5 Å². The van der Waals surface area contributed by atoms with Gasteiger partial charge in [-0.25, -0.2) is 9.78 Å². The van der Waals surface area contributed by atoms with Gasteiger partial charge in [-0.15, -0.1) is 11.3 Å². The summed E-state index contributed by atoms with van der Waals surface area (Å²) in [6, 6.07) is 0. The van der Waals surface area contributed by atoms with Crippen molar-refractivity contribution in [3.63, 3.8) is 0 Å². The van der Waals surface area contributed by atoms with Gasteiger partial charge in [0, 0.05) is 31.2 Å². The Morgan fingerprint density at radius 1 is 1.48 bits per heavy atom. The lowest BCUT2D eigenvalue weighted by molar-refractivity contribution is 0.0166. The number of hydrogen-bond acceptors (Lipinski definition) is 6. The minimum atomic E-state index is -0.470. The number of Topliss-reactive ketones (excluding diaryl/α,β-unsaturated/α-hetero) is 1. The van der Waals surface area contributed by atoms with E-state index in [-0.39, 0.29) is 18.4 Å². The number of rotatable bonds is 5. The third-order valence-electron chi connectivity index (χ3n) is 3.56. The average Bonchev–Trinajstić information content (AvgIpc) is 3.00. The van der Waals surface area contributed by atoms with E-state index in [0.29, 0.717) is 17.5 Å². The molecule has 6 nitrogen and oxygen atoms in total. The SMILES string of the molecule is CC(C)(C)OC(=O)N1CCC[C@@H](CNCC(=O)c2nccs2)C1. The van der Waals surface area contributed by atoms with E-state index in [1.807, 2.05) is 20.8 Å². The van der Waals surface area contributed by atoms with Crippen LogP contribution in [0.15, 0.2) is 11.6 Å². The van der Waals surface area contributed by atoms with Crippen molar-refractivity contribution in [2.45, 2.75) is 39.2 Å². The second-order valence-electron chi connectivity index (χ2n) is 6.83. The molecule has 7 heteroatoms. The molecule has 1 atom stereocenters. The maximum absolute atomic E-state index is 12.1. The van der Waals surface area contributed by atoms with Gasteiger partial charge in [0.25, 0.3) is 0 Å². The summed E-state index contributed by atoms with van der Waals surface area (Å²) in [4.78, 5) is 29.8. The first-order chi connectivity index (χ1) is 10.8. The number of amides is 1. The Balaban J connectivity index is 1.73. The number of ether oxygens (including phenoxy) is 1. The third kappa shape index (κ3) is 5.91. The van der Waals surface area contributed by atoms with E-state index < -0.39 is 5.60 Å². The van der Waals surface area contributed by atoms with Crippen LogP contribution in [0.25, 0.3) is 0 Å². The molecule has 1 N–H and O–H groups in total. The Morgan fingerprint density at radius 3 is 2.91 bits per heavy atom. The first kappa shape index (κ1) is 17.9. The van der Waals surface area contributed by atoms with Crippen molar-refractivity contribution in [2.24, 2.45) is 5.92 Å². The molecule has 0 saturated carbocycles. The lowest BCUT2D eigenvalue weighted by atomic mass is 9.98. The number of hydrogen-bond donors (Lipinski definition) is 1. The molecule has 0 radical (unpaired) electrons. The van der Waals surface area contributed by atoms with Gasteiger partial charge in [0.05, 0.1) is 6.54 Å². The van der Waals surface area contributed by atoms with Gasteiger partial charge in [-0.2, -0.15) is 0 Å². The zero-order valence-electron chi connectivity index (χ0n) is 14.0. The minimum absolute atomic E-state index is 0.0137. The predicted molar refractivity (Wildman–Crippen MR) is 89.8 cm³/mol. The highest BCUT2D eigenvalue weighted by Gasteiger charge is 2.27. The van der Waals surface area contributed by atoms with Crippen LogP contribution < -0.4 is 5.32 Å². The Morgan fingerprint density at radius 2 is 2.26 bits per heavy atom. The second-order valence-corrected chi connectivity index (χ2v) is 7.72. The molecule has 0 aliphatic carbocycles. The number of thiazole rings is 1. The Hall–Kier alpha value is -1.47. The first-order valence-electron chi connectivity index (χ1n) is 7.96. The van der Waals surface area contributed by atoms with E-state index in [4.69, 9.17) is 4.74 Å². The number of aromatic nitrogens is 1. The maximum Gasteiger partial charge on any atom is 0.410 e. The van der Waals surface area contributed by atoms with Gasteiger partial charge in [-0.3, -0.25) is 4.79 Å². The quantitative estimate of drug-likeness (QED) is 0.835. The highest BCUT2D eigenvalue weighted by atomic mass is 32.1. The molecule has 1 saturated heterocycles. The second kappa shape index (κ2) is 7.88. The van der Waals surface area contributed by atoms with Crippen molar-refractivity contribution >= 4 is 23.2 Å². The predicted octanol–water partition coefficient (Wildman–Crippen LogP) is 2.56. The monoisotopic (exact) mass is 339 g/mol. The summed E-state index contributed by atoms with van der Waals surface area (Å²) in [6.45, 7) is 8.04. The zero-order valence-corrected chi connectivity index (χ0v) is 14.8. The van der Waals surface area contributed by atoms with Crippen LogP contribution in [0, 0.1) is 5.92 Å². The molecule has 1 aliphatic rings. The molecule has 1 aliphatic heterocycles. The van der Waals surface area contributed by atoms with Gasteiger partial charge < -0.3 is 15.0 Å². The number of likely N-dealkylation sites (tertiary alicyclic amines) is 1. The molecule has 1 aromatic rings. The van der Waals surface area contributed by atoms with Crippen LogP contribution in [-0.4, -0.2) is 53.5 Å². The summed E-state index contributed by atoms with van der Waals surface area (Å²) in [6.07, 6.45) is 3.41. The van der Waals surface area contributed by atoms with Crippen molar-refractivity contribution in [1.29, 1.82) is 0 Å². The number of piperidine rings is 1. The molecule has 128 valence electrons. The van der Waals surface area contributed by atoms with E-state index >= 15 is 0 Å². The molecule has 1 aromatic heterocycles. The van der Waals surface area contributed by atoms with Gasteiger partial charge >= 0.3 is 6.09 Å². The maximum atomic E-state index is 12.1. The van der Waals surface area contributed by atoms with E-state index in [0.717, 1.165) is 25.9 Å². The van der Waals surface area contributed by atoms with Crippen LogP contribution >= 0.6 is 11.3 Å². The molecule has 0 spiro atoms. The summed E-state index contributed by atoms with van der Waals surface area (Å²) in [7, 11) is 0. The average molecular weight is 339 g/mol. The number of nitrogens with one attached hydrogen (secondary N) is 1. The highest BCUT2D eigenvalue weighted by Crippen LogP contribution is 2.18. The first-order valence-corrected chi connectivity index (χ1v) is 8.84. The largest absolute Gasteiger partial charge is 0.444 e. The van der Waals surface area contributed by atoms with E-state index in [1.54, 1.807) is 16.5 Å². The lowest BCUT2D eigenvalue weighted by Crippen LogP contribution is -2.45. The van der Waals surface area contributed by atoms with E-state index in [1.165, 1.54) is 11.3 Å². The lowest BCUT2D eigenvalue weighted by Gasteiger charge is -2.34. The number of carbonyl (C=O) groups excluding carboxylic acids is 2. The Bertz CT molecular complexity index is 525. The third-order valence-corrected chi connectivity index (χ3v) is 4.37. The van der Waals surface area contributed by atoms with Crippen molar-refractivity contribution < 1.29 is 14.3 Å². The fraction of sp³-hybridized carbons (Fsp3) is 0.688. The van der Waals surface area contributed by atoms with Crippen molar-refractivity contribution in [3.05, 3.63) is 16.6 Å². The fourth-order valence-electron chi connectivity index (χ4n) is 2.55. The van der Waals surface area contributed by atoms with Crippen LogP contribution in [0.1, 0.15) is 43.4 Å². The summed E-state index contributed by atoms with van der Waals surface area (Å²) in [5.41, 5.74) is -0.470. The van der Waals surface area contributed by atoms with Crippen molar-refractivity contribution in [2.75, 3.05) is 26.2 Å². The molecule has 2 rings (SSSR count). The summed E-state index contributed by atoms with van der Waals surface area (Å²) >= 11 is 1.36. The van der Waals surface area contributed by atoms with E-state index in [2.05, 4.69) is 10.3 Å². The zero-order chi connectivity index (χ0) is 16.9. The van der Waals surface area contributed by atoms with Crippen LogP contribution in [0.5, 0.6) is 0 Å². The van der Waals surface area contributed by atoms with Crippen LogP contribution in [0.3, 0.4) is 0 Å². The van der Waals surface area contributed by atoms with Gasteiger partial charge in [0.15, 0.2) is 5.01 Å². The molecule has 0 bridgehead atoms. The molecule has 0 unspecified atom stereocenters. The van der Waals surface area contributed by atoms with Gasteiger partial charge in [-0.1, -0.05) is 0 Å². The van der Waals surface area contributed by atoms with Crippen LogP contribution in [-0.2, 0) is 4.74 Å². The summed E-state index contributed by atoms with van der Waals surface area (Å²) in [5, 5.41) is 5.53. The number of carbonyl (C=O) groups is 2. The molecular formula is C16H25N3O3S. The molecule has 0 aromatic carbocycles. The minimum Gasteiger partial charge on any atom is -0.444 e. The topological polar surface area (TPSA) is 71.5 Å². The molecule has 1 fully saturated rings. The van der Waals surface area contributed by atoms with Gasteiger partial charge in [0.1, 0.15) is 5.60 Å². The summed E-state index contributed by atoms with van der Waals surface area (Å²) < 4.78 is 5.42. The Kier molecular flexibility index (Phi) is 6.12. The highest BCUT2D eigenvalue weighted by molar-refractivity contribution is 7.11. The molecule has 1 amide bonds. The summed E-state index contributed by atoms with van der Waals surface area (Å²) in [5.74, 6) is 0.361. The smallest absolute Gasteiger partial charge is 0.410 e. The number of ketones is 1.